The van der Waals surface area contributed by atoms with Crippen LogP contribution in [0.15, 0.2) is 47.1 Å². The van der Waals surface area contributed by atoms with Gasteiger partial charge in [0.2, 0.25) is 11.8 Å². The number of thioether (sulfide) groups is 1. The van der Waals surface area contributed by atoms with Crippen LogP contribution in [-0.2, 0) is 22.3 Å². The molecule has 1 aliphatic carbocycles. The van der Waals surface area contributed by atoms with Crippen molar-refractivity contribution in [1.29, 1.82) is 0 Å². The summed E-state index contributed by atoms with van der Waals surface area (Å²) in [4.78, 5) is 42.3. The maximum absolute atomic E-state index is 13.5. The minimum absolute atomic E-state index is 0.0627. The second kappa shape index (κ2) is 9.25. The van der Waals surface area contributed by atoms with E-state index in [2.05, 4.69) is 5.32 Å². The van der Waals surface area contributed by atoms with Crippen LogP contribution >= 0.6 is 11.8 Å². The highest BCUT2D eigenvalue weighted by atomic mass is 32.2. The Balaban J connectivity index is 1.42. The number of halogens is 3. The lowest BCUT2D eigenvalue weighted by Gasteiger charge is -2.43. The molecule has 1 N–H and O–H groups in total. The van der Waals surface area contributed by atoms with Gasteiger partial charge in [0.15, 0.2) is 0 Å². The fraction of sp³-hybridized carbons (Fsp3) is 0.458. The summed E-state index contributed by atoms with van der Waals surface area (Å²) in [5.41, 5.74) is -1.33. The first-order valence-corrected chi connectivity index (χ1v) is 12.4. The van der Waals surface area contributed by atoms with E-state index in [-0.39, 0.29) is 29.3 Å². The summed E-state index contributed by atoms with van der Waals surface area (Å²) in [6.45, 7) is -0.517. The average molecular weight is 508 g/mol. The number of urea groups is 1. The predicted octanol–water partition coefficient (Wildman–Crippen LogP) is 4.74. The van der Waals surface area contributed by atoms with Crippen LogP contribution < -0.4 is 5.32 Å². The van der Waals surface area contributed by atoms with Gasteiger partial charge in [-0.25, -0.2) is 4.79 Å². The van der Waals surface area contributed by atoms with E-state index in [4.69, 9.17) is 4.42 Å². The van der Waals surface area contributed by atoms with Crippen molar-refractivity contribution in [1.82, 2.24) is 9.80 Å². The Morgan fingerprint density at radius 1 is 1.11 bits per heavy atom. The topological polar surface area (TPSA) is 82.9 Å². The lowest BCUT2D eigenvalue weighted by molar-refractivity contribution is -0.137. The summed E-state index contributed by atoms with van der Waals surface area (Å²) in [7, 11) is 0. The van der Waals surface area contributed by atoms with E-state index in [0.29, 0.717) is 5.76 Å². The third-order valence-electron chi connectivity index (χ3n) is 6.88. The molecule has 0 radical (unpaired) electrons. The molecule has 2 aromatic rings. The molecule has 4 amide bonds. The van der Waals surface area contributed by atoms with Crippen molar-refractivity contribution in [3.63, 3.8) is 0 Å². The van der Waals surface area contributed by atoms with E-state index >= 15 is 0 Å². The molecule has 0 bridgehead atoms. The van der Waals surface area contributed by atoms with Crippen molar-refractivity contribution in [3.05, 3.63) is 54.0 Å². The van der Waals surface area contributed by atoms with Gasteiger partial charge in [-0.2, -0.15) is 13.2 Å². The van der Waals surface area contributed by atoms with Gasteiger partial charge >= 0.3 is 12.2 Å². The summed E-state index contributed by atoms with van der Waals surface area (Å²) in [5, 5.41) is 2.01. The maximum Gasteiger partial charge on any atom is 0.418 e. The largest absolute Gasteiger partial charge is 0.467 e. The molecule has 11 heteroatoms. The van der Waals surface area contributed by atoms with Crippen LogP contribution in [0.4, 0.5) is 23.7 Å². The number of furan rings is 1. The summed E-state index contributed by atoms with van der Waals surface area (Å²) < 4.78 is 45.5. The molecule has 2 aliphatic heterocycles. The summed E-state index contributed by atoms with van der Waals surface area (Å²) in [5.74, 6) is -0.568. The van der Waals surface area contributed by atoms with Gasteiger partial charge in [-0.15, -0.1) is 11.8 Å². The number of benzene rings is 1. The summed E-state index contributed by atoms with van der Waals surface area (Å²) in [6.07, 6.45) is 0.593. The molecule has 4 unspecified atom stereocenters. The molecule has 3 fully saturated rings. The van der Waals surface area contributed by atoms with Crippen LogP contribution in [0.25, 0.3) is 0 Å². The molecule has 1 aromatic heterocycles. The second-order valence-corrected chi connectivity index (χ2v) is 10.4. The lowest BCUT2D eigenvalue weighted by atomic mass is 9.81. The fourth-order valence-corrected chi connectivity index (χ4v) is 7.30. The van der Waals surface area contributed by atoms with Crippen LogP contribution in [-0.4, -0.2) is 50.7 Å². The predicted molar refractivity (Wildman–Crippen MR) is 122 cm³/mol. The van der Waals surface area contributed by atoms with E-state index in [1.165, 1.54) is 29.4 Å². The average Bonchev–Trinajstić information content (AvgIpc) is 3.47. The zero-order valence-corrected chi connectivity index (χ0v) is 19.5. The Bertz CT molecular complexity index is 1120. The Hall–Kier alpha value is -2.95. The SMILES string of the molecule is O=C(CN1C(=O)N(Cc2ccco2)C(=O)C2SC3CCCCC3C21)Nc1ccccc1C(F)(F)F. The molecule has 0 spiro atoms. The number of nitrogens with zero attached hydrogens (tertiary/aromatic N) is 2. The molecule has 3 heterocycles. The number of nitrogens with one attached hydrogen (secondary N) is 1. The molecule has 7 nitrogen and oxygen atoms in total. The van der Waals surface area contributed by atoms with Gasteiger partial charge in [0.25, 0.3) is 0 Å². The van der Waals surface area contributed by atoms with E-state index < -0.39 is 41.5 Å². The van der Waals surface area contributed by atoms with Gasteiger partial charge < -0.3 is 14.6 Å². The highest BCUT2D eigenvalue weighted by Gasteiger charge is 2.57. The minimum Gasteiger partial charge on any atom is -0.467 e. The smallest absolute Gasteiger partial charge is 0.418 e. The number of carbonyl (C=O) groups excluding carboxylic acids is 3. The van der Waals surface area contributed by atoms with Crippen molar-refractivity contribution in [2.45, 2.75) is 54.9 Å². The van der Waals surface area contributed by atoms with Gasteiger partial charge in [-0.1, -0.05) is 25.0 Å². The van der Waals surface area contributed by atoms with Crippen molar-refractivity contribution in [2.24, 2.45) is 5.92 Å². The van der Waals surface area contributed by atoms with Crippen LogP contribution in [0.3, 0.4) is 0 Å². The summed E-state index contributed by atoms with van der Waals surface area (Å²) >= 11 is 1.55. The number of alkyl halides is 3. The number of anilines is 1. The van der Waals surface area contributed by atoms with Gasteiger partial charge in [0.05, 0.1) is 30.1 Å². The highest BCUT2D eigenvalue weighted by molar-refractivity contribution is 8.01. The Morgan fingerprint density at radius 2 is 1.89 bits per heavy atom. The monoisotopic (exact) mass is 507 g/mol. The first kappa shape index (κ1) is 23.8. The Morgan fingerprint density at radius 3 is 2.63 bits per heavy atom. The standard InChI is InChI=1S/C24H24F3N3O4S/c25-24(26,27)16-8-2-3-9-17(16)28-19(31)13-29-20-15-7-1-4-10-18(15)35-21(20)22(32)30(23(29)33)12-14-6-5-11-34-14/h2-3,5-6,8-9,11,15,18,20-21H,1,4,7,10,12-13H2,(H,28,31). The summed E-state index contributed by atoms with van der Waals surface area (Å²) in [6, 6.07) is 6.92. The number of amides is 4. The first-order valence-electron chi connectivity index (χ1n) is 11.5. The molecule has 35 heavy (non-hydrogen) atoms. The zero-order valence-electron chi connectivity index (χ0n) is 18.7. The van der Waals surface area contributed by atoms with Crippen molar-refractivity contribution in [2.75, 3.05) is 11.9 Å². The zero-order chi connectivity index (χ0) is 24.7. The van der Waals surface area contributed by atoms with Crippen LogP contribution in [0.5, 0.6) is 0 Å². The van der Waals surface area contributed by atoms with Gasteiger partial charge in [-0.3, -0.25) is 14.5 Å². The third-order valence-corrected chi connectivity index (χ3v) is 8.59. The molecule has 3 aliphatic rings. The number of hydrogen-bond donors (Lipinski definition) is 1. The van der Waals surface area contributed by atoms with E-state index in [0.717, 1.165) is 36.6 Å². The Kier molecular flexibility index (Phi) is 6.29. The highest BCUT2D eigenvalue weighted by Crippen LogP contribution is 2.50. The van der Waals surface area contributed by atoms with Crippen LogP contribution in [0.1, 0.15) is 37.0 Å². The third kappa shape index (κ3) is 4.53. The molecule has 1 aromatic carbocycles. The molecule has 186 valence electrons. The van der Waals surface area contributed by atoms with Crippen LogP contribution in [0, 0.1) is 5.92 Å². The lowest BCUT2D eigenvalue weighted by Crippen LogP contribution is -2.64. The molecular weight excluding hydrogens is 483 g/mol. The number of rotatable bonds is 5. The normalized spacial score (nSPS) is 26.5. The number of para-hydroxylation sites is 1. The number of imide groups is 1. The fourth-order valence-electron chi connectivity index (χ4n) is 5.37. The van der Waals surface area contributed by atoms with Gasteiger partial charge in [0, 0.05) is 5.25 Å². The van der Waals surface area contributed by atoms with E-state index in [1.807, 2.05) is 0 Å². The maximum atomic E-state index is 13.5. The van der Waals surface area contributed by atoms with Crippen molar-refractivity contribution in [3.8, 4) is 0 Å². The quantitative estimate of drug-likeness (QED) is 0.632. The molecule has 2 saturated heterocycles. The van der Waals surface area contributed by atoms with E-state index in [1.54, 1.807) is 23.9 Å². The number of hydrogen-bond acceptors (Lipinski definition) is 5. The van der Waals surface area contributed by atoms with Crippen molar-refractivity contribution < 1.29 is 32.0 Å². The van der Waals surface area contributed by atoms with Crippen molar-refractivity contribution >= 4 is 35.3 Å². The second-order valence-electron chi connectivity index (χ2n) is 9.04. The first-order chi connectivity index (χ1) is 16.7. The molecule has 4 atom stereocenters. The Labute approximate surface area is 204 Å². The number of fused-ring (bicyclic) bond motifs is 3. The molecule has 5 rings (SSSR count). The minimum atomic E-state index is -4.64. The molecule has 1 saturated carbocycles. The number of carbonyl (C=O) groups is 3. The van der Waals surface area contributed by atoms with Gasteiger partial charge in [-0.05, 0) is 43.0 Å². The van der Waals surface area contributed by atoms with E-state index in [9.17, 15) is 27.6 Å². The van der Waals surface area contributed by atoms with Crippen LogP contribution in [0.2, 0.25) is 0 Å². The molecular formula is C24H24F3N3O4S. The van der Waals surface area contributed by atoms with Gasteiger partial charge in [0.1, 0.15) is 17.6 Å².